The molecule has 2 aliphatic heterocycles. The van der Waals surface area contributed by atoms with Gasteiger partial charge in [0.05, 0.1) is 10.2 Å². The maximum Gasteiger partial charge on any atom is 0.231 e. The normalized spacial score (nSPS) is 18.6. The molecule has 2 aliphatic rings. The fourth-order valence-corrected chi connectivity index (χ4v) is 3.59. The summed E-state index contributed by atoms with van der Waals surface area (Å²) in [7, 11) is 0. The summed E-state index contributed by atoms with van der Waals surface area (Å²) in [5, 5.41) is 7.86. The summed E-state index contributed by atoms with van der Waals surface area (Å²) in [4.78, 5) is 4.63. The van der Waals surface area contributed by atoms with Crippen LogP contribution in [-0.2, 0) is 0 Å². The summed E-state index contributed by atoms with van der Waals surface area (Å²) >= 11 is 1.68. The van der Waals surface area contributed by atoms with Crippen LogP contribution >= 0.6 is 11.3 Å². The largest absolute Gasteiger partial charge is 0.454 e. The minimum absolute atomic E-state index is 0.313. The fraction of sp³-hybridized carbons (Fsp3) is 0.500. The molecule has 0 spiro atoms. The minimum atomic E-state index is 0.313. The first-order valence-electron chi connectivity index (χ1n) is 7.03. The highest BCUT2D eigenvalue weighted by Gasteiger charge is 2.17. The van der Waals surface area contributed by atoms with Crippen LogP contribution in [-0.4, -0.2) is 31.4 Å². The molecule has 0 amide bonds. The highest BCUT2D eigenvalue weighted by atomic mass is 32.1. The van der Waals surface area contributed by atoms with E-state index >= 15 is 0 Å². The summed E-state index contributed by atoms with van der Waals surface area (Å²) in [6, 6.07) is 3.98. The van der Waals surface area contributed by atoms with Gasteiger partial charge in [0.15, 0.2) is 16.6 Å². The molecule has 0 bridgehead atoms. The Morgan fingerprint density at radius 3 is 2.90 bits per heavy atom. The summed E-state index contributed by atoms with van der Waals surface area (Å²) in [5.74, 6) is 2.37. The molecular formula is C14H17N3O2S. The molecule has 0 unspecified atom stereocenters. The van der Waals surface area contributed by atoms with Gasteiger partial charge in [-0.05, 0) is 31.8 Å². The van der Waals surface area contributed by atoms with E-state index < -0.39 is 0 Å². The average Bonchev–Trinajstić information content (AvgIpc) is 3.08. The van der Waals surface area contributed by atoms with Gasteiger partial charge >= 0.3 is 0 Å². The SMILES string of the molecule is c1c2c(cc3sc(NCC4CCNCC4)nc13)OCO2. The molecule has 2 aromatic rings. The van der Waals surface area contributed by atoms with E-state index in [2.05, 4.69) is 15.6 Å². The maximum atomic E-state index is 5.40. The molecule has 1 saturated heterocycles. The summed E-state index contributed by atoms with van der Waals surface area (Å²) in [6.45, 7) is 3.59. The van der Waals surface area contributed by atoms with E-state index in [4.69, 9.17) is 9.47 Å². The van der Waals surface area contributed by atoms with Gasteiger partial charge in [-0.1, -0.05) is 11.3 Å². The van der Waals surface area contributed by atoms with Crippen molar-refractivity contribution in [2.75, 3.05) is 31.7 Å². The van der Waals surface area contributed by atoms with Gasteiger partial charge in [0.2, 0.25) is 6.79 Å². The first-order chi connectivity index (χ1) is 9.88. The number of rotatable bonds is 3. The van der Waals surface area contributed by atoms with Crippen LogP contribution in [0.2, 0.25) is 0 Å². The Hall–Kier alpha value is -1.53. The van der Waals surface area contributed by atoms with Gasteiger partial charge in [0.25, 0.3) is 0 Å². The van der Waals surface area contributed by atoms with Gasteiger partial charge in [-0.3, -0.25) is 0 Å². The van der Waals surface area contributed by atoms with Gasteiger partial charge in [0, 0.05) is 18.7 Å². The Bertz CT molecular complexity index is 581. The molecule has 4 rings (SSSR count). The molecule has 106 valence electrons. The van der Waals surface area contributed by atoms with Crippen molar-refractivity contribution in [1.29, 1.82) is 0 Å². The van der Waals surface area contributed by atoms with Crippen molar-refractivity contribution >= 4 is 26.7 Å². The van der Waals surface area contributed by atoms with Crippen LogP contribution in [0.4, 0.5) is 5.13 Å². The standard InChI is InChI=1S/C14H17N3O2S/c1-3-15-4-2-9(1)7-16-14-17-10-5-11-12(19-8-18-11)6-13(10)20-14/h5-6,9,15H,1-4,7-8H2,(H,16,17). The first-order valence-corrected chi connectivity index (χ1v) is 7.85. The number of thiazole rings is 1. The third kappa shape index (κ3) is 2.29. The Labute approximate surface area is 121 Å². The van der Waals surface area contributed by atoms with Crippen LogP contribution in [0.1, 0.15) is 12.8 Å². The predicted octanol–water partition coefficient (Wildman–Crippen LogP) is 2.44. The molecule has 5 nitrogen and oxygen atoms in total. The number of ether oxygens (including phenoxy) is 2. The number of nitrogens with one attached hydrogen (secondary N) is 2. The lowest BCUT2D eigenvalue weighted by molar-refractivity contribution is 0.174. The zero-order valence-electron chi connectivity index (χ0n) is 11.1. The Balaban J connectivity index is 1.49. The molecule has 6 heteroatoms. The Morgan fingerprint density at radius 1 is 1.25 bits per heavy atom. The Morgan fingerprint density at radius 2 is 2.05 bits per heavy atom. The first kappa shape index (κ1) is 12.2. The van der Waals surface area contributed by atoms with Gasteiger partial charge < -0.3 is 20.1 Å². The molecule has 20 heavy (non-hydrogen) atoms. The lowest BCUT2D eigenvalue weighted by Crippen LogP contribution is -2.31. The second kappa shape index (κ2) is 5.10. The summed E-state index contributed by atoms with van der Waals surface area (Å²) in [5.41, 5.74) is 0.979. The number of nitrogens with zero attached hydrogens (tertiary/aromatic N) is 1. The van der Waals surface area contributed by atoms with Crippen LogP contribution < -0.4 is 20.1 Å². The van der Waals surface area contributed by atoms with E-state index in [0.29, 0.717) is 6.79 Å². The molecule has 1 aromatic heterocycles. The van der Waals surface area contributed by atoms with Gasteiger partial charge in [-0.2, -0.15) is 0 Å². The highest BCUT2D eigenvalue weighted by molar-refractivity contribution is 7.22. The van der Waals surface area contributed by atoms with E-state index in [0.717, 1.165) is 52.4 Å². The monoisotopic (exact) mass is 291 g/mol. The molecule has 0 atom stereocenters. The third-order valence-corrected chi connectivity index (χ3v) is 4.86. The number of aromatic nitrogens is 1. The molecule has 3 heterocycles. The zero-order chi connectivity index (χ0) is 13.4. The van der Waals surface area contributed by atoms with E-state index in [1.165, 1.54) is 12.8 Å². The number of hydrogen-bond acceptors (Lipinski definition) is 6. The van der Waals surface area contributed by atoms with Crippen molar-refractivity contribution in [3.63, 3.8) is 0 Å². The fourth-order valence-electron chi connectivity index (χ4n) is 2.71. The molecule has 1 aromatic carbocycles. The van der Waals surface area contributed by atoms with Crippen molar-refractivity contribution in [2.24, 2.45) is 5.92 Å². The maximum absolute atomic E-state index is 5.40. The highest BCUT2D eigenvalue weighted by Crippen LogP contribution is 2.38. The number of piperidine rings is 1. The topological polar surface area (TPSA) is 55.4 Å². The van der Waals surface area contributed by atoms with E-state index in [-0.39, 0.29) is 0 Å². The van der Waals surface area contributed by atoms with Crippen molar-refractivity contribution in [3.8, 4) is 11.5 Å². The number of fused-ring (bicyclic) bond motifs is 2. The quantitative estimate of drug-likeness (QED) is 0.909. The van der Waals surface area contributed by atoms with Crippen molar-refractivity contribution in [2.45, 2.75) is 12.8 Å². The number of hydrogen-bond donors (Lipinski definition) is 2. The summed E-state index contributed by atoms with van der Waals surface area (Å²) in [6.07, 6.45) is 2.49. The predicted molar refractivity (Wildman–Crippen MR) is 79.8 cm³/mol. The van der Waals surface area contributed by atoms with Crippen molar-refractivity contribution < 1.29 is 9.47 Å². The lowest BCUT2D eigenvalue weighted by atomic mass is 9.98. The number of benzene rings is 1. The van der Waals surface area contributed by atoms with Crippen LogP contribution in [0.25, 0.3) is 10.2 Å². The van der Waals surface area contributed by atoms with Crippen LogP contribution in [0, 0.1) is 5.92 Å². The van der Waals surface area contributed by atoms with E-state index in [1.54, 1.807) is 11.3 Å². The zero-order valence-corrected chi connectivity index (χ0v) is 12.0. The van der Waals surface area contributed by atoms with Gasteiger partial charge in [-0.25, -0.2) is 4.98 Å². The average molecular weight is 291 g/mol. The minimum Gasteiger partial charge on any atom is -0.454 e. The van der Waals surface area contributed by atoms with E-state index in [9.17, 15) is 0 Å². The lowest BCUT2D eigenvalue weighted by Gasteiger charge is -2.22. The van der Waals surface area contributed by atoms with Crippen molar-refractivity contribution in [1.82, 2.24) is 10.3 Å². The smallest absolute Gasteiger partial charge is 0.231 e. The van der Waals surface area contributed by atoms with Crippen LogP contribution in [0.5, 0.6) is 11.5 Å². The second-order valence-corrected chi connectivity index (χ2v) is 6.30. The van der Waals surface area contributed by atoms with E-state index in [1.807, 2.05) is 12.1 Å². The molecule has 0 radical (unpaired) electrons. The second-order valence-electron chi connectivity index (χ2n) is 5.27. The van der Waals surface area contributed by atoms with Gasteiger partial charge in [0.1, 0.15) is 0 Å². The van der Waals surface area contributed by atoms with Gasteiger partial charge in [-0.15, -0.1) is 0 Å². The van der Waals surface area contributed by atoms with Crippen LogP contribution in [0.3, 0.4) is 0 Å². The molecular weight excluding hydrogens is 274 g/mol. The summed E-state index contributed by atoms with van der Waals surface area (Å²) < 4.78 is 11.9. The molecule has 2 N–H and O–H groups in total. The number of anilines is 1. The molecule has 0 saturated carbocycles. The Kier molecular flexibility index (Phi) is 3.12. The molecule has 1 fully saturated rings. The van der Waals surface area contributed by atoms with Crippen LogP contribution in [0.15, 0.2) is 12.1 Å². The molecule has 0 aliphatic carbocycles. The van der Waals surface area contributed by atoms with Crippen molar-refractivity contribution in [3.05, 3.63) is 12.1 Å². The third-order valence-electron chi connectivity index (χ3n) is 3.88.